The molecule has 7 heteroatoms. The van der Waals surface area contributed by atoms with Crippen molar-refractivity contribution in [2.24, 2.45) is 15.3 Å². The molecule has 0 aliphatic carbocycles. The van der Waals surface area contributed by atoms with Gasteiger partial charge < -0.3 is 4.74 Å². The summed E-state index contributed by atoms with van der Waals surface area (Å²) >= 11 is 0. The first-order valence-electron chi connectivity index (χ1n) is 6.99. The summed E-state index contributed by atoms with van der Waals surface area (Å²) < 4.78 is 18.3. The van der Waals surface area contributed by atoms with Crippen LogP contribution < -0.4 is 0 Å². The van der Waals surface area contributed by atoms with Gasteiger partial charge in [-0.3, -0.25) is 4.39 Å². The number of methoxy groups -OCH3 is 1. The summed E-state index contributed by atoms with van der Waals surface area (Å²) in [4.78, 5) is 2.67. The maximum atomic E-state index is 13.0. The molecular formula is C15H18FN5O. The van der Waals surface area contributed by atoms with Crippen molar-refractivity contribution in [3.05, 3.63) is 57.6 Å². The molecule has 3 atom stereocenters. The van der Waals surface area contributed by atoms with Crippen molar-refractivity contribution in [3.8, 4) is 0 Å². The van der Waals surface area contributed by atoms with Gasteiger partial charge in [0.2, 0.25) is 0 Å². The predicted octanol–water partition coefficient (Wildman–Crippen LogP) is 4.30. The van der Waals surface area contributed by atoms with Crippen molar-refractivity contribution in [1.29, 1.82) is 0 Å². The number of hydrogen-bond acceptors (Lipinski definition) is 4. The molecule has 6 nitrogen and oxygen atoms in total. The minimum absolute atomic E-state index is 0.0749. The highest BCUT2D eigenvalue weighted by Gasteiger charge is 2.22. The van der Waals surface area contributed by atoms with E-state index in [0.29, 0.717) is 0 Å². The van der Waals surface area contributed by atoms with Gasteiger partial charge in [0.15, 0.2) is 0 Å². The molecule has 0 amide bonds. The first-order chi connectivity index (χ1) is 10.7. The fourth-order valence-corrected chi connectivity index (χ4v) is 2.45. The Morgan fingerprint density at radius 1 is 1.41 bits per heavy atom. The Bertz CT molecular complexity index is 607. The van der Waals surface area contributed by atoms with Gasteiger partial charge in [0.25, 0.3) is 0 Å². The maximum Gasteiger partial charge on any atom is 0.101 e. The molecule has 0 bridgehead atoms. The second-order valence-electron chi connectivity index (χ2n) is 5.12. The Balaban J connectivity index is 2.09. The second kappa shape index (κ2) is 7.68. The molecule has 0 N–H and O–H groups in total. The SMILES string of the molecule is CO[C@H](c1ccc(CC2C=C(C)N=N2)cc1)[C@@H](CF)N=[N+]=[N-]. The van der Waals surface area contributed by atoms with Crippen LogP contribution in [0.4, 0.5) is 4.39 Å². The monoisotopic (exact) mass is 303 g/mol. The molecule has 0 saturated heterocycles. The number of azide groups is 1. The molecule has 2 rings (SSSR count). The summed E-state index contributed by atoms with van der Waals surface area (Å²) in [6.45, 7) is 1.15. The summed E-state index contributed by atoms with van der Waals surface area (Å²) in [7, 11) is 1.47. The van der Waals surface area contributed by atoms with Gasteiger partial charge in [-0.15, -0.1) is 0 Å². The van der Waals surface area contributed by atoms with E-state index in [0.717, 1.165) is 23.2 Å². The summed E-state index contributed by atoms with van der Waals surface area (Å²) in [5, 5.41) is 11.6. The number of benzene rings is 1. The zero-order valence-corrected chi connectivity index (χ0v) is 12.6. The minimum Gasteiger partial charge on any atom is -0.376 e. The maximum absolute atomic E-state index is 13.0. The van der Waals surface area contributed by atoms with E-state index in [2.05, 4.69) is 20.3 Å². The second-order valence-corrected chi connectivity index (χ2v) is 5.12. The van der Waals surface area contributed by atoms with E-state index in [1.165, 1.54) is 7.11 Å². The standard InChI is InChI=1S/C15H18FN5O/c1-10-7-13(19-18-10)8-11-3-5-12(6-4-11)15(22-2)14(9-16)20-21-17/h3-7,13-15H,8-9H2,1-2H3/t13?,14-,15-/m1/s1. The largest absolute Gasteiger partial charge is 0.376 e. The van der Waals surface area contributed by atoms with Crippen LogP contribution in [0.25, 0.3) is 10.4 Å². The molecule has 0 radical (unpaired) electrons. The molecule has 0 spiro atoms. The summed E-state index contributed by atoms with van der Waals surface area (Å²) in [6, 6.07) is 6.83. The highest BCUT2D eigenvalue weighted by molar-refractivity contribution is 5.27. The lowest BCUT2D eigenvalue weighted by Gasteiger charge is -2.20. The summed E-state index contributed by atoms with van der Waals surface area (Å²) in [5.74, 6) is 0. The third-order valence-corrected chi connectivity index (χ3v) is 3.51. The Labute approximate surface area is 128 Å². The molecule has 1 aromatic rings. The van der Waals surface area contributed by atoms with Crippen LogP contribution in [0.15, 0.2) is 51.4 Å². The van der Waals surface area contributed by atoms with Crippen LogP contribution in [0.3, 0.4) is 0 Å². The van der Waals surface area contributed by atoms with Gasteiger partial charge >= 0.3 is 0 Å². The third kappa shape index (κ3) is 3.90. The van der Waals surface area contributed by atoms with Gasteiger partial charge in [-0.1, -0.05) is 29.4 Å². The molecule has 1 aliphatic rings. The molecule has 1 aliphatic heterocycles. The van der Waals surface area contributed by atoms with Crippen molar-refractivity contribution in [1.82, 2.24) is 0 Å². The average molecular weight is 303 g/mol. The van der Waals surface area contributed by atoms with E-state index < -0.39 is 18.8 Å². The van der Waals surface area contributed by atoms with E-state index in [4.69, 9.17) is 10.3 Å². The molecule has 0 saturated carbocycles. The highest BCUT2D eigenvalue weighted by atomic mass is 19.1. The van der Waals surface area contributed by atoms with Crippen LogP contribution >= 0.6 is 0 Å². The number of azo groups is 1. The van der Waals surface area contributed by atoms with Crippen LogP contribution in [-0.2, 0) is 11.2 Å². The number of allylic oxidation sites excluding steroid dienone is 1. The lowest BCUT2D eigenvalue weighted by Crippen LogP contribution is -2.20. The van der Waals surface area contributed by atoms with Crippen LogP contribution in [0.2, 0.25) is 0 Å². The molecule has 22 heavy (non-hydrogen) atoms. The highest BCUT2D eigenvalue weighted by Crippen LogP contribution is 2.25. The quantitative estimate of drug-likeness (QED) is 0.420. The van der Waals surface area contributed by atoms with Crippen molar-refractivity contribution in [3.63, 3.8) is 0 Å². The smallest absolute Gasteiger partial charge is 0.101 e. The third-order valence-electron chi connectivity index (χ3n) is 3.51. The minimum atomic E-state index is -0.866. The fourth-order valence-electron chi connectivity index (χ4n) is 2.45. The average Bonchev–Trinajstić information content (AvgIpc) is 2.93. The number of ether oxygens (including phenoxy) is 1. The van der Waals surface area contributed by atoms with Crippen LogP contribution in [-0.4, -0.2) is 25.9 Å². The van der Waals surface area contributed by atoms with E-state index in [9.17, 15) is 4.39 Å². The molecule has 0 aromatic heterocycles. The number of hydrogen-bond donors (Lipinski definition) is 0. The van der Waals surface area contributed by atoms with Crippen molar-refractivity contribution < 1.29 is 9.13 Å². The van der Waals surface area contributed by atoms with Gasteiger partial charge in [-0.05, 0) is 29.7 Å². The topological polar surface area (TPSA) is 82.7 Å². The van der Waals surface area contributed by atoms with Gasteiger partial charge in [-0.2, -0.15) is 10.2 Å². The summed E-state index contributed by atoms with van der Waals surface area (Å²) in [5.41, 5.74) is 11.3. The Morgan fingerprint density at radius 2 is 2.14 bits per heavy atom. The number of halogens is 1. The number of alkyl halides is 1. The van der Waals surface area contributed by atoms with Gasteiger partial charge in [0.05, 0.1) is 23.9 Å². The van der Waals surface area contributed by atoms with Gasteiger partial charge in [0.1, 0.15) is 6.67 Å². The number of rotatable bonds is 7. The van der Waals surface area contributed by atoms with Gasteiger partial charge in [-0.25, -0.2) is 0 Å². The summed E-state index contributed by atoms with van der Waals surface area (Å²) in [6.07, 6.45) is 2.19. The van der Waals surface area contributed by atoms with Crippen LogP contribution in [0, 0.1) is 0 Å². The molecule has 116 valence electrons. The zero-order chi connectivity index (χ0) is 15.9. The molecule has 1 heterocycles. The Hall–Kier alpha value is -2.24. The van der Waals surface area contributed by atoms with Crippen LogP contribution in [0.1, 0.15) is 24.2 Å². The van der Waals surface area contributed by atoms with Gasteiger partial charge in [0, 0.05) is 18.4 Å². The van der Waals surface area contributed by atoms with E-state index in [1.807, 2.05) is 37.3 Å². The van der Waals surface area contributed by atoms with Crippen molar-refractivity contribution in [2.45, 2.75) is 31.5 Å². The van der Waals surface area contributed by atoms with Crippen molar-refractivity contribution in [2.75, 3.05) is 13.8 Å². The first kappa shape index (κ1) is 16.1. The predicted molar refractivity (Wildman–Crippen MR) is 81.2 cm³/mol. The Kier molecular flexibility index (Phi) is 5.63. The fraction of sp³-hybridized carbons (Fsp3) is 0.467. The van der Waals surface area contributed by atoms with Crippen LogP contribution in [0.5, 0.6) is 0 Å². The lowest BCUT2D eigenvalue weighted by atomic mass is 9.99. The number of nitrogens with zero attached hydrogens (tertiary/aromatic N) is 5. The molecule has 1 aromatic carbocycles. The molecular weight excluding hydrogens is 285 g/mol. The zero-order valence-electron chi connectivity index (χ0n) is 12.6. The molecule has 0 fully saturated rings. The first-order valence-corrected chi connectivity index (χ1v) is 6.99. The van der Waals surface area contributed by atoms with E-state index in [-0.39, 0.29) is 6.04 Å². The van der Waals surface area contributed by atoms with E-state index >= 15 is 0 Å². The Morgan fingerprint density at radius 3 is 2.64 bits per heavy atom. The van der Waals surface area contributed by atoms with Crippen molar-refractivity contribution >= 4 is 0 Å². The van der Waals surface area contributed by atoms with E-state index in [1.54, 1.807) is 0 Å². The lowest BCUT2D eigenvalue weighted by molar-refractivity contribution is 0.0722. The normalized spacial score (nSPS) is 19.4. The molecule has 1 unspecified atom stereocenters.